The predicted molar refractivity (Wildman–Crippen MR) is 96.4 cm³/mol. The van der Waals surface area contributed by atoms with E-state index in [-0.39, 0.29) is 0 Å². The van der Waals surface area contributed by atoms with Crippen LogP contribution in [0.2, 0.25) is 0 Å². The number of rotatable bonds is 5. The van der Waals surface area contributed by atoms with Crippen molar-refractivity contribution in [3.05, 3.63) is 71.5 Å². The zero-order valence-corrected chi connectivity index (χ0v) is 14.7. The van der Waals surface area contributed by atoms with E-state index in [2.05, 4.69) is 5.32 Å². The number of hydrogen-bond acceptors (Lipinski definition) is 4. The highest BCUT2D eigenvalue weighted by Gasteiger charge is 2.45. The Morgan fingerprint density at radius 2 is 1.59 bits per heavy atom. The lowest BCUT2D eigenvalue weighted by molar-refractivity contribution is -0.154. The summed E-state index contributed by atoms with van der Waals surface area (Å²) < 4.78 is 19.4. The van der Waals surface area contributed by atoms with Crippen LogP contribution in [-0.2, 0) is 19.7 Å². The zero-order chi connectivity index (χ0) is 19.3. The number of carbonyl (C=O) groups excluding carboxylic acids is 3. The van der Waals surface area contributed by atoms with Crippen molar-refractivity contribution in [3.8, 4) is 0 Å². The molecule has 0 atom stereocenters. The van der Waals surface area contributed by atoms with Crippen molar-refractivity contribution >= 4 is 17.8 Å². The molecule has 0 aliphatic heterocycles. The molecule has 0 spiro atoms. The third kappa shape index (κ3) is 4.05. The van der Waals surface area contributed by atoms with Crippen molar-refractivity contribution < 1.29 is 23.5 Å². The monoisotopic (exact) mass is 369 g/mol. The summed E-state index contributed by atoms with van der Waals surface area (Å²) in [4.78, 5) is 36.7. The Morgan fingerprint density at radius 3 is 2.26 bits per heavy atom. The molecule has 2 aromatic rings. The normalized spacial score (nSPS) is 15.1. The average Bonchev–Trinajstić information content (AvgIpc) is 3.18. The molecule has 0 heterocycles. The summed E-state index contributed by atoms with van der Waals surface area (Å²) in [5.74, 6) is -2.38. The Balaban J connectivity index is 1.64. The molecule has 0 aromatic heterocycles. The standard InChI is InChI=1S/C21H20FNO4/c22-17-11-5-4-10-16(17)21(12-6-7-13-21)20(26)27-14-18(24)23-19(25)15-8-2-1-3-9-15/h1-5,8-11H,6-7,12-14H2,(H,23,24,25). The number of imide groups is 1. The molecule has 6 heteroatoms. The van der Waals surface area contributed by atoms with Crippen LogP contribution in [0.15, 0.2) is 54.6 Å². The van der Waals surface area contributed by atoms with E-state index in [0.717, 1.165) is 12.8 Å². The van der Waals surface area contributed by atoms with Crippen LogP contribution in [0.25, 0.3) is 0 Å². The highest BCUT2D eigenvalue weighted by Crippen LogP contribution is 2.43. The van der Waals surface area contributed by atoms with Crippen molar-refractivity contribution in [2.45, 2.75) is 31.1 Å². The van der Waals surface area contributed by atoms with E-state index in [1.807, 2.05) is 0 Å². The molecule has 1 N–H and O–H groups in total. The van der Waals surface area contributed by atoms with Crippen molar-refractivity contribution in [1.29, 1.82) is 0 Å². The topological polar surface area (TPSA) is 72.5 Å². The third-order valence-electron chi connectivity index (χ3n) is 4.86. The fourth-order valence-corrected chi connectivity index (χ4v) is 3.50. The Bertz CT molecular complexity index is 844. The minimum Gasteiger partial charge on any atom is -0.455 e. The predicted octanol–water partition coefficient (Wildman–Crippen LogP) is 3.14. The van der Waals surface area contributed by atoms with Crippen molar-refractivity contribution in [2.24, 2.45) is 0 Å². The number of amides is 2. The van der Waals surface area contributed by atoms with Crippen LogP contribution >= 0.6 is 0 Å². The molecule has 0 radical (unpaired) electrons. The molecule has 3 rings (SSSR count). The number of ether oxygens (including phenoxy) is 1. The van der Waals surface area contributed by atoms with Crippen molar-refractivity contribution in [2.75, 3.05) is 6.61 Å². The molecule has 1 fully saturated rings. The first-order valence-electron chi connectivity index (χ1n) is 8.84. The molecule has 140 valence electrons. The van der Waals surface area contributed by atoms with Crippen LogP contribution in [0.3, 0.4) is 0 Å². The first kappa shape index (κ1) is 18.8. The fourth-order valence-electron chi connectivity index (χ4n) is 3.50. The summed E-state index contributed by atoms with van der Waals surface area (Å²) in [6, 6.07) is 14.4. The van der Waals surface area contributed by atoms with Gasteiger partial charge in [0.05, 0.1) is 5.41 Å². The maximum atomic E-state index is 14.3. The number of nitrogens with one attached hydrogen (secondary N) is 1. The van der Waals surface area contributed by atoms with Gasteiger partial charge >= 0.3 is 5.97 Å². The van der Waals surface area contributed by atoms with E-state index in [9.17, 15) is 18.8 Å². The van der Waals surface area contributed by atoms with Gasteiger partial charge in [-0.2, -0.15) is 0 Å². The van der Waals surface area contributed by atoms with E-state index in [4.69, 9.17) is 4.74 Å². The number of esters is 1. The molecule has 2 amide bonds. The molecular formula is C21H20FNO4. The molecule has 1 saturated carbocycles. The van der Waals surface area contributed by atoms with Crippen LogP contribution < -0.4 is 5.32 Å². The summed E-state index contributed by atoms with van der Waals surface area (Å²) >= 11 is 0. The van der Waals surface area contributed by atoms with E-state index in [0.29, 0.717) is 24.0 Å². The summed E-state index contributed by atoms with van der Waals surface area (Å²) in [7, 11) is 0. The third-order valence-corrected chi connectivity index (χ3v) is 4.86. The maximum absolute atomic E-state index is 14.3. The van der Waals surface area contributed by atoms with Gasteiger partial charge in [-0.25, -0.2) is 4.39 Å². The second-order valence-corrected chi connectivity index (χ2v) is 6.59. The Morgan fingerprint density at radius 1 is 0.963 bits per heavy atom. The van der Waals surface area contributed by atoms with Gasteiger partial charge in [-0.1, -0.05) is 49.2 Å². The highest BCUT2D eigenvalue weighted by molar-refractivity contribution is 6.05. The first-order chi connectivity index (χ1) is 13.0. The zero-order valence-electron chi connectivity index (χ0n) is 14.7. The number of hydrogen-bond donors (Lipinski definition) is 1. The summed E-state index contributed by atoms with van der Waals surface area (Å²) in [5.41, 5.74) is -0.446. The van der Waals surface area contributed by atoms with Gasteiger partial charge in [-0.15, -0.1) is 0 Å². The highest BCUT2D eigenvalue weighted by atomic mass is 19.1. The van der Waals surface area contributed by atoms with Crippen molar-refractivity contribution in [3.63, 3.8) is 0 Å². The van der Waals surface area contributed by atoms with Crippen LogP contribution in [0, 0.1) is 5.82 Å². The SMILES string of the molecule is O=C(COC(=O)C1(c2ccccc2F)CCCC1)NC(=O)c1ccccc1. The minimum absolute atomic E-state index is 0.299. The van der Waals surface area contributed by atoms with Gasteiger partial charge in [-0.3, -0.25) is 19.7 Å². The van der Waals surface area contributed by atoms with Gasteiger partial charge in [-0.05, 0) is 31.0 Å². The number of benzene rings is 2. The molecule has 1 aliphatic rings. The van der Waals surface area contributed by atoms with Crippen LogP contribution in [0.5, 0.6) is 0 Å². The number of halogens is 1. The van der Waals surface area contributed by atoms with Crippen molar-refractivity contribution in [1.82, 2.24) is 5.32 Å². The molecular weight excluding hydrogens is 349 g/mol. The van der Waals surface area contributed by atoms with Gasteiger partial charge in [0.1, 0.15) is 5.82 Å². The van der Waals surface area contributed by atoms with Gasteiger partial charge in [0.25, 0.3) is 11.8 Å². The molecule has 0 saturated heterocycles. The van der Waals surface area contributed by atoms with Gasteiger partial charge in [0, 0.05) is 11.1 Å². The molecule has 1 aliphatic carbocycles. The second-order valence-electron chi connectivity index (χ2n) is 6.59. The Labute approximate surface area is 156 Å². The summed E-state index contributed by atoms with van der Waals surface area (Å²) in [5, 5.41) is 2.18. The van der Waals surface area contributed by atoms with Gasteiger partial charge < -0.3 is 4.74 Å². The summed E-state index contributed by atoms with van der Waals surface area (Å²) in [6.07, 6.45) is 2.50. The second kappa shape index (κ2) is 8.12. The largest absolute Gasteiger partial charge is 0.455 e. The summed E-state index contributed by atoms with van der Waals surface area (Å²) in [6.45, 7) is -0.590. The fraction of sp³-hybridized carbons (Fsp3) is 0.286. The molecule has 5 nitrogen and oxygen atoms in total. The van der Waals surface area contributed by atoms with E-state index in [1.165, 1.54) is 6.07 Å². The Kier molecular flexibility index (Phi) is 5.64. The number of carbonyl (C=O) groups is 3. The lowest BCUT2D eigenvalue weighted by Crippen LogP contribution is -2.39. The molecule has 27 heavy (non-hydrogen) atoms. The first-order valence-corrected chi connectivity index (χ1v) is 8.84. The van der Waals surface area contributed by atoms with E-state index >= 15 is 0 Å². The molecule has 0 bridgehead atoms. The van der Waals surface area contributed by atoms with Crippen LogP contribution in [0.1, 0.15) is 41.6 Å². The molecule has 2 aromatic carbocycles. The van der Waals surface area contributed by atoms with E-state index < -0.39 is 35.6 Å². The minimum atomic E-state index is -1.07. The lowest BCUT2D eigenvalue weighted by Gasteiger charge is -2.27. The lowest BCUT2D eigenvalue weighted by atomic mass is 9.78. The average molecular weight is 369 g/mol. The van der Waals surface area contributed by atoms with E-state index in [1.54, 1.807) is 48.5 Å². The smallest absolute Gasteiger partial charge is 0.317 e. The van der Waals surface area contributed by atoms with Gasteiger partial charge in [0.2, 0.25) is 0 Å². The van der Waals surface area contributed by atoms with Crippen LogP contribution in [0.4, 0.5) is 4.39 Å². The molecule has 0 unspecified atom stereocenters. The maximum Gasteiger partial charge on any atom is 0.317 e. The van der Waals surface area contributed by atoms with Gasteiger partial charge in [0.15, 0.2) is 6.61 Å². The van der Waals surface area contributed by atoms with Crippen LogP contribution in [-0.4, -0.2) is 24.4 Å². The Hall–Kier alpha value is -3.02. The quantitative estimate of drug-likeness (QED) is 0.822.